The highest BCUT2D eigenvalue weighted by Crippen LogP contribution is 2.38. The number of carboxylic acids is 1. The second kappa shape index (κ2) is 6.96. The molecule has 1 aliphatic rings. The highest BCUT2D eigenvalue weighted by molar-refractivity contribution is 6.35. The maximum absolute atomic E-state index is 12.8. The average molecular weight is 398 g/mol. The van der Waals surface area contributed by atoms with Gasteiger partial charge in [0, 0.05) is 16.8 Å². The van der Waals surface area contributed by atoms with Crippen LogP contribution in [-0.4, -0.2) is 23.6 Å². The van der Waals surface area contributed by atoms with E-state index in [4.69, 9.17) is 21.4 Å². The van der Waals surface area contributed by atoms with Gasteiger partial charge in [0.2, 0.25) is 0 Å². The second-order valence-corrected chi connectivity index (χ2v) is 6.05. The summed E-state index contributed by atoms with van der Waals surface area (Å²) in [7, 11) is 0. The fraction of sp³-hybridized carbons (Fsp3) is 0.111. The molecule has 0 radical (unpaired) electrons. The van der Waals surface area contributed by atoms with Crippen molar-refractivity contribution in [3.8, 4) is 5.75 Å². The number of fused-ring (bicyclic) bond motifs is 1. The molecule has 2 N–H and O–H groups in total. The Labute approximate surface area is 156 Å². The van der Waals surface area contributed by atoms with Crippen LogP contribution < -0.4 is 10.1 Å². The Morgan fingerprint density at radius 1 is 1.22 bits per heavy atom. The molecule has 0 spiro atoms. The SMILES string of the molecule is O=C(O)COc1ccc(/C=C2\C(=O)Nc3cc(C(F)(F)F)ccc32)cc1Cl. The van der Waals surface area contributed by atoms with Gasteiger partial charge in [-0.25, -0.2) is 4.79 Å². The van der Waals surface area contributed by atoms with Gasteiger partial charge < -0.3 is 15.2 Å². The maximum Gasteiger partial charge on any atom is 0.416 e. The predicted molar refractivity (Wildman–Crippen MR) is 92.5 cm³/mol. The number of carboxylic acid groups (broad SMARTS) is 1. The Hall–Kier alpha value is -3.00. The molecule has 9 heteroatoms. The zero-order valence-electron chi connectivity index (χ0n) is 13.4. The van der Waals surface area contributed by atoms with Crippen molar-refractivity contribution >= 4 is 40.8 Å². The first-order chi connectivity index (χ1) is 12.6. The summed E-state index contributed by atoms with van der Waals surface area (Å²) in [5.41, 5.74) is 0.254. The van der Waals surface area contributed by atoms with Gasteiger partial charge in [-0.05, 0) is 35.9 Å². The molecule has 0 fully saturated rings. The Balaban J connectivity index is 1.91. The number of hydrogen-bond donors (Lipinski definition) is 2. The molecule has 0 aromatic heterocycles. The van der Waals surface area contributed by atoms with Crippen molar-refractivity contribution in [2.24, 2.45) is 0 Å². The van der Waals surface area contributed by atoms with Gasteiger partial charge in [0.1, 0.15) is 5.75 Å². The minimum Gasteiger partial charge on any atom is -0.480 e. The number of carbonyl (C=O) groups is 2. The number of anilines is 1. The molecule has 2 aromatic carbocycles. The lowest BCUT2D eigenvalue weighted by Crippen LogP contribution is -2.09. The smallest absolute Gasteiger partial charge is 0.416 e. The fourth-order valence-corrected chi connectivity index (χ4v) is 2.79. The maximum atomic E-state index is 12.8. The molecule has 0 saturated heterocycles. The number of halogens is 4. The summed E-state index contributed by atoms with van der Waals surface area (Å²) in [5.74, 6) is -1.53. The van der Waals surface area contributed by atoms with E-state index in [0.29, 0.717) is 11.1 Å². The van der Waals surface area contributed by atoms with Crippen molar-refractivity contribution in [3.05, 3.63) is 58.1 Å². The standard InChI is InChI=1S/C18H11ClF3NO4/c19-13-6-9(1-4-15(13)27-8-16(24)25)5-12-11-3-2-10(18(20,21)22)7-14(11)23-17(12)26/h1-7H,8H2,(H,23,26)(H,24,25)/b12-5-. The molecule has 0 bridgehead atoms. The van der Waals surface area contributed by atoms with Gasteiger partial charge in [0.25, 0.3) is 5.91 Å². The van der Waals surface area contributed by atoms with Gasteiger partial charge in [-0.1, -0.05) is 23.7 Å². The van der Waals surface area contributed by atoms with Gasteiger partial charge in [-0.3, -0.25) is 4.79 Å². The molecular weight excluding hydrogens is 387 g/mol. The Bertz CT molecular complexity index is 970. The van der Waals surface area contributed by atoms with E-state index in [1.807, 2.05) is 0 Å². The summed E-state index contributed by atoms with van der Waals surface area (Å²) in [4.78, 5) is 22.7. The molecule has 1 amide bonds. The van der Waals surface area contributed by atoms with Crippen LogP contribution in [0.4, 0.5) is 18.9 Å². The Kier molecular flexibility index (Phi) is 4.84. The summed E-state index contributed by atoms with van der Waals surface area (Å²) in [6, 6.07) is 7.46. The largest absolute Gasteiger partial charge is 0.480 e. The van der Waals surface area contributed by atoms with Gasteiger partial charge in [0.05, 0.1) is 10.6 Å². The van der Waals surface area contributed by atoms with Crippen molar-refractivity contribution in [2.45, 2.75) is 6.18 Å². The van der Waals surface area contributed by atoms with E-state index < -0.39 is 30.2 Å². The third kappa shape index (κ3) is 4.06. The number of benzene rings is 2. The van der Waals surface area contributed by atoms with Gasteiger partial charge in [-0.15, -0.1) is 0 Å². The zero-order valence-corrected chi connectivity index (χ0v) is 14.2. The Morgan fingerprint density at radius 2 is 1.96 bits per heavy atom. The molecule has 140 valence electrons. The van der Waals surface area contributed by atoms with Crippen LogP contribution in [0.25, 0.3) is 11.6 Å². The van der Waals surface area contributed by atoms with Crippen LogP contribution in [0.15, 0.2) is 36.4 Å². The van der Waals surface area contributed by atoms with Crippen LogP contribution in [0, 0.1) is 0 Å². The third-order valence-corrected chi connectivity index (χ3v) is 4.04. The predicted octanol–water partition coefficient (Wildman–Crippen LogP) is 4.31. The molecule has 1 aliphatic heterocycles. The number of ether oxygens (including phenoxy) is 1. The summed E-state index contributed by atoms with van der Waals surface area (Å²) in [6.45, 7) is -0.558. The first-order valence-corrected chi connectivity index (χ1v) is 7.92. The van der Waals surface area contributed by atoms with Crippen molar-refractivity contribution < 1.29 is 32.6 Å². The van der Waals surface area contributed by atoms with E-state index in [-0.39, 0.29) is 22.0 Å². The molecule has 5 nitrogen and oxygen atoms in total. The molecule has 3 rings (SSSR count). The van der Waals surface area contributed by atoms with Gasteiger partial charge in [0.15, 0.2) is 6.61 Å². The summed E-state index contributed by atoms with van der Waals surface area (Å²) < 4.78 is 43.4. The van der Waals surface area contributed by atoms with Gasteiger partial charge >= 0.3 is 12.1 Å². The molecule has 1 heterocycles. The molecule has 0 saturated carbocycles. The van der Waals surface area contributed by atoms with Crippen LogP contribution >= 0.6 is 11.6 Å². The highest BCUT2D eigenvalue weighted by Gasteiger charge is 2.33. The number of amides is 1. The van der Waals surface area contributed by atoms with E-state index in [9.17, 15) is 22.8 Å². The monoisotopic (exact) mass is 397 g/mol. The number of alkyl halides is 3. The molecule has 2 aromatic rings. The van der Waals surface area contributed by atoms with Crippen LogP contribution in [-0.2, 0) is 15.8 Å². The minimum absolute atomic E-state index is 0.0774. The topological polar surface area (TPSA) is 75.6 Å². The van der Waals surface area contributed by atoms with E-state index in [2.05, 4.69) is 5.32 Å². The first kappa shape index (κ1) is 18.8. The Morgan fingerprint density at radius 3 is 2.59 bits per heavy atom. The fourth-order valence-electron chi connectivity index (χ4n) is 2.54. The molecule has 0 aliphatic carbocycles. The quantitative estimate of drug-likeness (QED) is 0.754. The third-order valence-electron chi connectivity index (χ3n) is 3.75. The van der Waals surface area contributed by atoms with Crippen LogP contribution in [0.2, 0.25) is 5.02 Å². The normalized spacial score (nSPS) is 14.8. The summed E-state index contributed by atoms with van der Waals surface area (Å²) in [6.07, 6.45) is -3.03. The van der Waals surface area contributed by atoms with Crippen LogP contribution in [0.1, 0.15) is 16.7 Å². The molecular formula is C18H11ClF3NO4. The molecule has 27 heavy (non-hydrogen) atoms. The summed E-state index contributed by atoms with van der Waals surface area (Å²) in [5, 5.41) is 11.2. The lowest BCUT2D eigenvalue weighted by molar-refractivity contribution is -0.139. The highest BCUT2D eigenvalue weighted by atomic mass is 35.5. The van der Waals surface area contributed by atoms with Crippen molar-refractivity contribution in [1.82, 2.24) is 0 Å². The lowest BCUT2D eigenvalue weighted by Gasteiger charge is -2.08. The zero-order chi connectivity index (χ0) is 19.8. The van der Waals surface area contributed by atoms with Crippen molar-refractivity contribution in [2.75, 3.05) is 11.9 Å². The number of rotatable bonds is 4. The number of carbonyl (C=O) groups excluding carboxylic acids is 1. The average Bonchev–Trinajstić information content (AvgIpc) is 2.88. The van der Waals surface area contributed by atoms with E-state index in [1.54, 1.807) is 6.07 Å². The molecule has 0 atom stereocenters. The summed E-state index contributed by atoms with van der Waals surface area (Å²) >= 11 is 6.03. The van der Waals surface area contributed by atoms with E-state index in [0.717, 1.165) is 12.1 Å². The number of hydrogen-bond acceptors (Lipinski definition) is 3. The van der Waals surface area contributed by atoms with E-state index in [1.165, 1.54) is 24.3 Å². The van der Waals surface area contributed by atoms with Crippen LogP contribution in [0.5, 0.6) is 5.75 Å². The van der Waals surface area contributed by atoms with Gasteiger partial charge in [-0.2, -0.15) is 13.2 Å². The first-order valence-electron chi connectivity index (χ1n) is 7.54. The number of nitrogens with one attached hydrogen (secondary N) is 1. The second-order valence-electron chi connectivity index (χ2n) is 5.64. The lowest BCUT2D eigenvalue weighted by atomic mass is 10.0. The van der Waals surface area contributed by atoms with Crippen LogP contribution in [0.3, 0.4) is 0 Å². The van der Waals surface area contributed by atoms with Crippen molar-refractivity contribution in [3.63, 3.8) is 0 Å². The van der Waals surface area contributed by atoms with E-state index >= 15 is 0 Å². The number of aliphatic carboxylic acids is 1. The minimum atomic E-state index is -4.51. The van der Waals surface area contributed by atoms with Crippen molar-refractivity contribution in [1.29, 1.82) is 0 Å². The molecule has 0 unspecified atom stereocenters.